The predicted molar refractivity (Wildman–Crippen MR) is 46.1 cm³/mol. The molecule has 0 aliphatic heterocycles. The largest absolute Gasteiger partial charge is 0.170 e. The Morgan fingerprint density at radius 2 is 1.89 bits per heavy atom. The molecule has 0 N–H and O–H groups in total. The maximum atomic E-state index is 4.20. The molecule has 9 heavy (non-hydrogen) atoms. The first-order valence-electron chi connectivity index (χ1n) is 2.60. The van der Waals surface area contributed by atoms with E-state index in [4.69, 9.17) is 0 Å². The first-order valence-corrected chi connectivity index (χ1v) is 3.56. The molecule has 0 spiro atoms. The molecule has 0 unspecified atom stereocenters. The van der Waals surface area contributed by atoms with Crippen molar-refractivity contribution in [1.29, 1.82) is 0 Å². The van der Waals surface area contributed by atoms with Gasteiger partial charge in [0.05, 0.1) is 0 Å². The fourth-order valence-corrected chi connectivity index (χ4v) is 1.15. The highest BCUT2D eigenvalue weighted by molar-refractivity contribution is 7.83. The molecule has 0 bridgehead atoms. The second-order valence-corrected chi connectivity index (χ2v) is 2.43. The van der Waals surface area contributed by atoms with Gasteiger partial charge in [-0.1, -0.05) is 18.2 Å². The lowest BCUT2D eigenvalue weighted by Gasteiger charge is -1.96. The van der Waals surface area contributed by atoms with Crippen molar-refractivity contribution in [2.24, 2.45) is 0 Å². The van der Waals surface area contributed by atoms with Crippen molar-refractivity contribution in [1.82, 2.24) is 0 Å². The van der Waals surface area contributed by atoms with Gasteiger partial charge in [-0.25, -0.2) is 0 Å². The van der Waals surface area contributed by atoms with Crippen LogP contribution in [0.25, 0.3) is 0 Å². The maximum Gasteiger partial charge on any atom is 0.0435 e. The quantitative estimate of drug-likeness (QED) is 0.572. The van der Waals surface area contributed by atoms with E-state index in [1.165, 1.54) is 0 Å². The van der Waals surface area contributed by atoms with Gasteiger partial charge < -0.3 is 0 Å². The summed E-state index contributed by atoms with van der Waals surface area (Å²) in [6.07, 6.45) is 0. The minimum atomic E-state index is 0.965. The zero-order valence-electron chi connectivity index (χ0n) is 4.78. The Morgan fingerprint density at radius 3 is 2.33 bits per heavy atom. The average Bonchev–Trinajstić information content (AvgIpc) is 1.89. The highest BCUT2D eigenvalue weighted by Gasteiger charge is 1.91. The summed E-state index contributed by atoms with van der Waals surface area (Å²) in [5, 5.41) is 0. The van der Waals surface area contributed by atoms with Crippen molar-refractivity contribution in [3.05, 3.63) is 35.6 Å². The Balaban J connectivity index is 3.01. The van der Waals surface area contributed by atoms with E-state index in [9.17, 15) is 0 Å². The molecule has 0 fully saturated rings. The standard InChI is InChI=1S/C7H7S2/c8-5-6-3-1-2-4-7(6)9/h1-5,8-9H. The summed E-state index contributed by atoms with van der Waals surface area (Å²) in [6.45, 7) is 0. The average molecular weight is 155 g/mol. The molecular formula is C7H7S2. The van der Waals surface area contributed by atoms with Gasteiger partial charge in [-0.3, -0.25) is 0 Å². The van der Waals surface area contributed by atoms with E-state index in [1.54, 1.807) is 5.75 Å². The molecule has 0 saturated heterocycles. The van der Waals surface area contributed by atoms with Crippen LogP contribution in [-0.2, 0) is 0 Å². The van der Waals surface area contributed by atoms with Gasteiger partial charge in [-0.05, 0) is 11.6 Å². The van der Waals surface area contributed by atoms with Gasteiger partial charge in [0, 0.05) is 10.6 Å². The van der Waals surface area contributed by atoms with E-state index in [0.717, 1.165) is 10.5 Å². The molecule has 1 rings (SSSR count). The summed E-state index contributed by atoms with van der Waals surface area (Å²) < 4.78 is 0. The molecule has 47 valence electrons. The fourth-order valence-electron chi connectivity index (χ4n) is 0.597. The topological polar surface area (TPSA) is 0 Å². The minimum Gasteiger partial charge on any atom is -0.170 e. The van der Waals surface area contributed by atoms with E-state index in [1.807, 2.05) is 24.3 Å². The zero-order chi connectivity index (χ0) is 6.69. The number of hydrogen-bond donors (Lipinski definition) is 2. The Bertz CT molecular complexity index is 196. The summed E-state index contributed by atoms with van der Waals surface area (Å²) in [7, 11) is 0. The molecule has 1 aromatic carbocycles. The van der Waals surface area contributed by atoms with Gasteiger partial charge in [0.15, 0.2) is 0 Å². The lowest BCUT2D eigenvalue weighted by atomic mass is 10.2. The molecule has 0 aromatic heterocycles. The molecule has 0 aliphatic rings. The van der Waals surface area contributed by atoms with Gasteiger partial charge in [-0.2, -0.15) is 12.6 Å². The van der Waals surface area contributed by atoms with Crippen LogP contribution in [0.1, 0.15) is 5.56 Å². The van der Waals surface area contributed by atoms with Crippen molar-refractivity contribution in [2.45, 2.75) is 4.90 Å². The van der Waals surface area contributed by atoms with Crippen molar-refractivity contribution in [3.63, 3.8) is 0 Å². The Hall–Kier alpha value is -0.0800. The number of rotatable bonds is 1. The molecule has 0 nitrogen and oxygen atoms in total. The molecule has 1 aromatic rings. The predicted octanol–water partition coefficient (Wildman–Crippen LogP) is 2.41. The van der Waals surface area contributed by atoms with Crippen LogP contribution in [0.4, 0.5) is 0 Å². The molecule has 0 saturated carbocycles. The van der Waals surface area contributed by atoms with E-state index in [0.29, 0.717) is 0 Å². The third kappa shape index (κ3) is 1.66. The minimum absolute atomic E-state index is 0.965. The van der Waals surface area contributed by atoms with E-state index in [-0.39, 0.29) is 0 Å². The van der Waals surface area contributed by atoms with Gasteiger partial charge >= 0.3 is 0 Å². The van der Waals surface area contributed by atoms with Crippen LogP contribution in [-0.4, -0.2) is 0 Å². The lowest BCUT2D eigenvalue weighted by molar-refractivity contribution is 1.39. The summed E-state index contributed by atoms with van der Waals surface area (Å²) >= 11 is 8.20. The molecule has 0 amide bonds. The van der Waals surface area contributed by atoms with Gasteiger partial charge in [0.1, 0.15) is 0 Å². The van der Waals surface area contributed by atoms with E-state index >= 15 is 0 Å². The van der Waals surface area contributed by atoms with Crippen LogP contribution in [0, 0.1) is 5.75 Å². The first kappa shape index (κ1) is 7.03. The molecule has 0 atom stereocenters. The molecule has 1 radical (unpaired) electrons. The monoisotopic (exact) mass is 155 g/mol. The summed E-state index contributed by atoms with van der Waals surface area (Å²) in [4.78, 5) is 0.965. The molecular weight excluding hydrogens is 148 g/mol. The second-order valence-electron chi connectivity index (χ2n) is 1.69. The highest BCUT2D eigenvalue weighted by Crippen LogP contribution is 2.15. The van der Waals surface area contributed by atoms with Gasteiger partial charge in [0.25, 0.3) is 0 Å². The van der Waals surface area contributed by atoms with Crippen LogP contribution in [0.2, 0.25) is 0 Å². The number of hydrogen-bond acceptors (Lipinski definition) is 2. The fraction of sp³-hybridized carbons (Fsp3) is 0. The second kappa shape index (κ2) is 3.18. The van der Waals surface area contributed by atoms with E-state index in [2.05, 4.69) is 25.3 Å². The Kier molecular flexibility index (Phi) is 2.49. The van der Waals surface area contributed by atoms with Crippen LogP contribution in [0.15, 0.2) is 29.2 Å². The zero-order valence-corrected chi connectivity index (χ0v) is 6.57. The summed E-state index contributed by atoms with van der Waals surface area (Å²) in [6, 6.07) is 7.81. The highest BCUT2D eigenvalue weighted by atomic mass is 32.1. The Labute approximate surface area is 66.1 Å². The maximum absolute atomic E-state index is 4.20. The van der Waals surface area contributed by atoms with Crippen molar-refractivity contribution >= 4 is 25.3 Å². The summed E-state index contributed by atoms with van der Waals surface area (Å²) in [5.74, 6) is 1.74. The third-order valence-corrected chi connectivity index (χ3v) is 1.76. The van der Waals surface area contributed by atoms with E-state index < -0.39 is 0 Å². The van der Waals surface area contributed by atoms with Crippen LogP contribution >= 0.6 is 25.3 Å². The summed E-state index contributed by atoms with van der Waals surface area (Å²) in [5.41, 5.74) is 1.06. The SMILES string of the molecule is S[CH]c1ccccc1S. The number of thiol groups is 2. The van der Waals surface area contributed by atoms with Crippen molar-refractivity contribution in [3.8, 4) is 0 Å². The van der Waals surface area contributed by atoms with Crippen LogP contribution < -0.4 is 0 Å². The first-order chi connectivity index (χ1) is 4.34. The van der Waals surface area contributed by atoms with Gasteiger partial charge in [-0.15, -0.1) is 12.6 Å². The smallest absolute Gasteiger partial charge is 0.0435 e. The molecule has 0 heterocycles. The number of benzene rings is 1. The van der Waals surface area contributed by atoms with Crippen molar-refractivity contribution in [2.75, 3.05) is 0 Å². The molecule has 2 heteroatoms. The van der Waals surface area contributed by atoms with Crippen LogP contribution in [0.3, 0.4) is 0 Å². The third-order valence-electron chi connectivity index (χ3n) is 1.08. The van der Waals surface area contributed by atoms with Crippen LogP contribution in [0.5, 0.6) is 0 Å². The normalized spacial score (nSPS) is 9.56. The van der Waals surface area contributed by atoms with Crippen molar-refractivity contribution < 1.29 is 0 Å². The Morgan fingerprint density at radius 1 is 1.22 bits per heavy atom. The molecule has 0 aliphatic carbocycles. The lowest BCUT2D eigenvalue weighted by Crippen LogP contribution is -1.75. The van der Waals surface area contributed by atoms with Gasteiger partial charge in [0.2, 0.25) is 0 Å².